The highest BCUT2D eigenvalue weighted by Crippen LogP contribution is 2.17. The second-order valence-electron chi connectivity index (χ2n) is 5.77. The molecule has 1 amide bonds. The smallest absolute Gasteiger partial charge is 0.273 e. The zero-order valence-electron chi connectivity index (χ0n) is 14.4. The lowest BCUT2D eigenvalue weighted by Gasteiger charge is -2.09. The van der Waals surface area contributed by atoms with Crippen LogP contribution in [0.25, 0.3) is 5.69 Å². The first-order valence-electron chi connectivity index (χ1n) is 7.96. The van der Waals surface area contributed by atoms with Crippen LogP contribution in [0, 0.1) is 20.8 Å². The maximum atomic E-state index is 12.4. The number of rotatable bonds is 4. The predicted molar refractivity (Wildman–Crippen MR) is 93.6 cm³/mol. The average molecular weight is 323 g/mol. The fraction of sp³-hybridized carbons (Fsp3) is 0.278. The average Bonchev–Trinajstić information content (AvgIpc) is 3.11. The summed E-state index contributed by atoms with van der Waals surface area (Å²) in [6, 6.07) is 9.51. The Morgan fingerprint density at radius 3 is 2.46 bits per heavy atom. The monoisotopic (exact) mass is 323 g/mol. The molecule has 1 N–H and O–H groups in total. The van der Waals surface area contributed by atoms with E-state index in [0.717, 1.165) is 28.5 Å². The molecule has 0 fully saturated rings. The topological polar surface area (TPSA) is 64.7 Å². The van der Waals surface area contributed by atoms with Crippen LogP contribution < -0.4 is 5.32 Å². The first-order valence-corrected chi connectivity index (χ1v) is 7.96. The van der Waals surface area contributed by atoms with Gasteiger partial charge in [-0.15, -0.1) is 0 Å². The zero-order chi connectivity index (χ0) is 17.3. The molecule has 124 valence electrons. The Morgan fingerprint density at radius 2 is 1.88 bits per heavy atom. The minimum atomic E-state index is -0.153. The molecule has 3 rings (SSSR count). The lowest BCUT2D eigenvalue weighted by molar-refractivity contribution is 0.101. The third-order valence-electron chi connectivity index (χ3n) is 4.09. The van der Waals surface area contributed by atoms with Crippen molar-refractivity contribution in [2.45, 2.75) is 34.2 Å². The fourth-order valence-corrected chi connectivity index (χ4v) is 2.63. The number of aryl methyl sites for hydroxylation is 3. The largest absolute Gasteiger partial charge is 0.321 e. The van der Waals surface area contributed by atoms with Gasteiger partial charge in [0, 0.05) is 23.6 Å². The SMILES string of the molecule is CCn1nc(C)cc1C(=O)Nc1ccc(-n2cnc(C)c2C)cc1. The van der Waals surface area contributed by atoms with E-state index in [4.69, 9.17) is 0 Å². The summed E-state index contributed by atoms with van der Waals surface area (Å²) in [5, 5.41) is 7.22. The fourth-order valence-electron chi connectivity index (χ4n) is 2.63. The summed E-state index contributed by atoms with van der Waals surface area (Å²) in [5.41, 5.74) is 5.29. The van der Waals surface area contributed by atoms with Gasteiger partial charge in [-0.2, -0.15) is 5.10 Å². The summed E-state index contributed by atoms with van der Waals surface area (Å²) in [7, 11) is 0. The number of carbonyl (C=O) groups is 1. The number of aromatic nitrogens is 4. The normalized spacial score (nSPS) is 10.8. The Kier molecular flexibility index (Phi) is 4.20. The third-order valence-corrected chi connectivity index (χ3v) is 4.09. The van der Waals surface area contributed by atoms with Crippen LogP contribution in [0.15, 0.2) is 36.7 Å². The van der Waals surface area contributed by atoms with Gasteiger partial charge < -0.3 is 9.88 Å². The summed E-state index contributed by atoms with van der Waals surface area (Å²) in [6.45, 7) is 8.53. The van der Waals surface area contributed by atoms with Crippen molar-refractivity contribution in [3.8, 4) is 5.69 Å². The number of anilines is 1. The molecule has 0 radical (unpaired) electrons. The summed E-state index contributed by atoms with van der Waals surface area (Å²) < 4.78 is 3.73. The number of nitrogens with one attached hydrogen (secondary N) is 1. The van der Waals surface area contributed by atoms with E-state index in [1.165, 1.54) is 0 Å². The van der Waals surface area contributed by atoms with E-state index in [0.29, 0.717) is 12.2 Å². The lowest BCUT2D eigenvalue weighted by Crippen LogP contribution is -2.17. The maximum Gasteiger partial charge on any atom is 0.273 e. The first kappa shape index (κ1) is 16.0. The Labute approximate surface area is 141 Å². The Hall–Kier alpha value is -2.89. The van der Waals surface area contributed by atoms with Crippen LogP contribution in [0.1, 0.15) is 34.5 Å². The van der Waals surface area contributed by atoms with Crippen LogP contribution in [0.3, 0.4) is 0 Å². The van der Waals surface area contributed by atoms with E-state index in [9.17, 15) is 4.79 Å². The van der Waals surface area contributed by atoms with Crippen LogP contribution in [0.2, 0.25) is 0 Å². The molecule has 6 heteroatoms. The van der Waals surface area contributed by atoms with Gasteiger partial charge in [-0.05, 0) is 58.0 Å². The molecule has 2 aromatic heterocycles. The van der Waals surface area contributed by atoms with E-state index in [2.05, 4.69) is 15.4 Å². The second kappa shape index (κ2) is 6.31. The molecule has 0 saturated heterocycles. The molecular weight excluding hydrogens is 302 g/mol. The third kappa shape index (κ3) is 2.95. The van der Waals surface area contributed by atoms with Crippen LogP contribution in [-0.4, -0.2) is 25.2 Å². The Morgan fingerprint density at radius 1 is 1.17 bits per heavy atom. The molecule has 0 bridgehead atoms. The van der Waals surface area contributed by atoms with Crippen molar-refractivity contribution in [1.29, 1.82) is 0 Å². The van der Waals surface area contributed by atoms with Gasteiger partial charge in [0.05, 0.1) is 17.7 Å². The van der Waals surface area contributed by atoms with Gasteiger partial charge in [-0.25, -0.2) is 4.98 Å². The highest BCUT2D eigenvalue weighted by atomic mass is 16.2. The molecule has 0 unspecified atom stereocenters. The van der Waals surface area contributed by atoms with Crippen molar-refractivity contribution < 1.29 is 4.79 Å². The number of hydrogen-bond acceptors (Lipinski definition) is 3. The standard InChI is InChI=1S/C18H21N5O/c1-5-23-17(10-12(2)21-23)18(24)20-15-6-8-16(9-7-15)22-11-19-13(3)14(22)4/h6-11H,5H2,1-4H3,(H,20,24). The molecular formula is C18H21N5O. The number of hydrogen-bond donors (Lipinski definition) is 1. The van der Waals surface area contributed by atoms with E-state index < -0.39 is 0 Å². The molecule has 1 aromatic carbocycles. The van der Waals surface area contributed by atoms with Crippen LogP contribution >= 0.6 is 0 Å². The van der Waals surface area contributed by atoms with Crippen molar-refractivity contribution >= 4 is 11.6 Å². The van der Waals surface area contributed by atoms with Crippen molar-refractivity contribution in [1.82, 2.24) is 19.3 Å². The Bertz CT molecular complexity index is 873. The van der Waals surface area contributed by atoms with E-state index >= 15 is 0 Å². The summed E-state index contributed by atoms with van der Waals surface area (Å²) >= 11 is 0. The zero-order valence-corrected chi connectivity index (χ0v) is 14.4. The quantitative estimate of drug-likeness (QED) is 0.801. The van der Waals surface area contributed by atoms with Crippen molar-refractivity contribution in [2.75, 3.05) is 5.32 Å². The minimum absolute atomic E-state index is 0.153. The number of imidazole rings is 1. The molecule has 6 nitrogen and oxygen atoms in total. The van der Waals surface area contributed by atoms with E-state index in [-0.39, 0.29) is 5.91 Å². The van der Waals surface area contributed by atoms with Gasteiger partial charge in [0.25, 0.3) is 5.91 Å². The van der Waals surface area contributed by atoms with Gasteiger partial charge in [0.1, 0.15) is 5.69 Å². The van der Waals surface area contributed by atoms with Crippen LogP contribution in [0.4, 0.5) is 5.69 Å². The van der Waals surface area contributed by atoms with Gasteiger partial charge >= 0.3 is 0 Å². The second-order valence-corrected chi connectivity index (χ2v) is 5.77. The molecule has 2 heterocycles. The van der Waals surface area contributed by atoms with Gasteiger partial charge in [-0.3, -0.25) is 9.48 Å². The predicted octanol–water partition coefficient (Wildman–Crippen LogP) is 3.27. The molecule has 0 aliphatic rings. The van der Waals surface area contributed by atoms with Crippen LogP contribution in [0.5, 0.6) is 0 Å². The van der Waals surface area contributed by atoms with E-state index in [1.54, 1.807) is 17.1 Å². The minimum Gasteiger partial charge on any atom is -0.321 e. The highest BCUT2D eigenvalue weighted by Gasteiger charge is 2.13. The number of benzene rings is 1. The highest BCUT2D eigenvalue weighted by molar-refractivity contribution is 6.03. The maximum absolute atomic E-state index is 12.4. The van der Waals surface area contributed by atoms with Crippen LogP contribution in [-0.2, 0) is 6.54 Å². The Balaban J connectivity index is 1.79. The van der Waals surface area contributed by atoms with E-state index in [1.807, 2.05) is 56.5 Å². The van der Waals surface area contributed by atoms with Gasteiger partial charge in [0.15, 0.2) is 0 Å². The molecule has 0 saturated carbocycles. The molecule has 24 heavy (non-hydrogen) atoms. The number of carbonyl (C=O) groups excluding carboxylic acids is 1. The number of nitrogens with zero attached hydrogens (tertiary/aromatic N) is 4. The first-order chi connectivity index (χ1) is 11.5. The molecule has 0 aliphatic carbocycles. The van der Waals surface area contributed by atoms with Crippen molar-refractivity contribution in [3.05, 3.63) is 59.4 Å². The number of amides is 1. The summed E-state index contributed by atoms with van der Waals surface area (Å²) in [4.78, 5) is 16.7. The van der Waals surface area contributed by atoms with Gasteiger partial charge in [-0.1, -0.05) is 0 Å². The van der Waals surface area contributed by atoms with Gasteiger partial charge in [0.2, 0.25) is 0 Å². The molecule has 0 spiro atoms. The molecule has 3 aromatic rings. The molecule has 0 atom stereocenters. The molecule has 0 aliphatic heterocycles. The van der Waals surface area contributed by atoms with Crippen molar-refractivity contribution in [2.24, 2.45) is 0 Å². The summed E-state index contributed by atoms with van der Waals surface area (Å²) in [5.74, 6) is -0.153. The summed E-state index contributed by atoms with van der Waals surface area (Å²) in [6.07, 6.45) is 1.81. The van der Waals surface area contributed by atoms with Crippen molar-refractivity contribution in [3.63, 3.8) is 0 Å². The lowest BCUT2D eigenvalue weighted by atomic mass is 10.2.